The summed E-state index contributed by atoms with van der Waals surface area (Å²) in [5.74, 6) is -0.0227. The van der Waals surface area contributed by atoms with E-state index < -0.39 is 12.0 Å². The van der Waals surface area contributed by atoms with E-state index in [2.05, 4.69) is 25.3 Å². The first-order valence-corrected chi connectivity index (χ1v) is 7.33. The van der Waals surface area contributed by atoms with E-state index in [4.69, 9.17) is 4.74 Å². The van der Waals surface area contributed by atoms with E-state index in [1.165, 1.54) is 6.33 Å². The number of para-hydroxylation sites is 1. The number of ether oxygens (including phenoxy) is 1. The fourth-order valence-corrected chi connectivity index (χ4v) is 2.34. The fraction of sp³-hybridized carbons (Fsp3) is 0.250. The number of methoxy groups -OCH3 is 1. The van der Waals surface area contributed by atoms with E-state index >= 15 is 0 Å². The first-order chi connectivity index (χ1) is 11.9. The number of alkyl halides is 3. The number of hydrogen-bond acceptors (Lipinski definition) is 6. The maximum absolute atomic E-state index is 12.5. The quantitative estimate of drug-likeness (QED) is 0.776. The van der Waals surface area contributed by atoms with Gasteiger partial charge in [-0.3, -0.25) is 0 Å². The van der Waals surface area contributed by atoms with Crippen molar-refractivity contribution in [3.05, 3.63) is 48.3 Å². The molecule has 0 amide bonds. The van der Waals surface area contributed by atoms with Gasteiger partial charge in [-0.25, -0.2) is 19.9 Å². The number of hydrogen-bond donors (Lipinski definition) is 1. The molecule has 0 bridgehead atoms. The zero-order valence-corrected chi connectivity index (χ0v) is 13.4. The number of fused-ring (bicyclic) bond motifs is 1. The number of benzene rings is 1. The van der Waals surface area contributed by atoms with Crippen molar-refractivity contribution in [1.29, 1.82) is 0 Å². The molecule has 0 saturated heterocycles. The zero-order valence-electron chi connectivity index (χ0n) is 13.4. The van der Waals surface area contributed by atoms with E-state index in [0.29, 0.717) is 22.6 Å². The maximum atomic E-state index is 12.5. The number of anilines is 1. The summed E-state index contributed by atoms with van der Waals surface area (Å²) in [6.07, 6.45) is -0.868. The van der Waals surface area contributed by atoms with Crippen molar-refractivity contribution in [3.8, 4) is 5.75 Å². The van der Waals surface area contributed by atoms with E-state index in [1.807, 2.05) is 12.1 Å². The molecular formula is C16H14F3N5O. The lowest BCUT2D eigenvalue weighted by Gasteiger charge is -2.16. The Kier molecular flexibility index (Phi) is 4.39. The molecule has 0 spiro atoms. The van der Waals surface area contributed by atoms with Crippen molar-refractivity contribution in [2.24, 2.45) is 0 Å². The van der Waals surface area contributed by atoms with Crippen LogP contribution < -0.4 is 10.1 Å². The SMILES string of the molecule is COc1cccc2c(N[C@H](C)c3cnc(C(F)(F)F)nc3)ncnc12. The van der Waals surface area contributed by atoms with E-state index in [0.717, 1.165) is 17.8 Å². The smallest absolute Gasteiger partial charge is 0.451 e. The van der Waals surface area contributed by atoms with Gasteiger partial charge in [0.1, 0.15) is 23.4 Å². The van der Waals surface area contributed by atoms with Crippen LogP contribution in [0.15, 0.2) is 36.9 Å². The Balaban J connectivity index is 1.88. The Bertz CT molecular complexity index is 883. The van der Waals surface area contributed by atoms with Gasteiger partial charge in [-0.2, -0.15) is 13.2 Å². The molecule has 0 saturated carbocycles. The monoisotopic (exact) mass is 349 g/mol. The van der Waals surface area contributed by atoms with Gasteiger partial charge in [-0.15, -0.1) is 0 Å². The molecule has 1 aromatic carbocycles. The van der Waals surface area contributed by atoms with Crippen molar-refractivity contribution < 1.29 is 17.9 Å². The Morgan fingerprint density at radius 3 is 2.44 bits per heavy atom. The molecule has 0 aliphatic carbocycles. The molecule has 3 aromatic rings. The molecule has 2 heterocycles. The fourth-order valence-electron chi connectivity index (χ4n) is 2.34. The van der Waals surface area contributed by atoms with Gasteiger partial charge in [0.05, 0.1) is 13.2 Å². The predicted octanol–water partition coefficient (Wildman–Crippen LogP) is 3.62. The number of nitrogens with one attached hydrogen (secondary N) is 1. The van der Waals surface area contributed by atoms with Gasteiger partial charge >= 0.3 is 6.18 Å². The van der Waals surface area contributed by atoms with Crippen LogP contribution in [-0.2, 0) is 6.18 Å². The summed E-state index contributed by atoms with van der Waals surface area (Å²) < 4.78 is 42.9. The van der Waals surface area contributed by atoms with Gasteiger partial charge in [0.25, 0.3) is 0 Å². The first-order valence-electron chi connectivity index (χ1n) is 7.33. The van der Waals surface area contributed by atoms with Crippen LogP contribution in [0.5, 0.6) is 5.75 Å². The van der Waals surface area contributed by atoms with Crippen LogP contribution in [0.25, 0.3) is 10.9 Å². The van der Waals surface area contributed by atoms with Crippen LogP contribution >= 0.6 is 0 Å². The molecule has 0 unspecified atom stereocenters. The molecule has 2 aromatic heterocycles. The van der Waals surface area contributed by atoms with Crippen molar-refractivity contribution in [1.82, 2.24) is 19.9 Å². The lowest BCUT2D eigenvalue weighted by molar-refractivity contribution is -0.145. The van der Waals surface area contributed by atoms with E-state index in [9.17, 15) is 13.2 Å². The minimum Gasteiger partial charge on any atom is -0.494 e. The topological polar surface area (TPSA) is 72.8 Å². The van der Waals surface area contributed by atoms with Crippen molar-refractivity contribution >= 4 is 16.7 Å². The highest BCUT2D eigenvalue weighted by molar-refractivity contribution is 5.92. The van der Waals surface area contributed by atoms with Crippen LogP contribution in [0.3, 0.4) is 0 Å². The molecule has 1 N–H and O–H groups in total. The van der Waals surface area contributed by atoms with Gasteiger partial charge in [0, 0.05) is 23.3 Å². The summed E-state index contributed by atoms with van der Waals surface area (Å²) in [5, 5.41) is 3.88. The summed E-state index contributed by atoms with van der Waals surface area (Å²) in [7, 11) is 1.55. The third kappa shape index (κ3) is 3.44. The van der Waals surface area contributed by atoms with Crippen LogP contribution in [0, 0.1) is 0 Å². The molecule has 0 radical (unpaired) electrons. The third-order valence-electron chi connectivity index (χ3n) is 3.63. The van der Waals surface area contributed by atoms with Gasteiger partial charge in [-0.05, 0) is 19.1 Å². The second kappa shape index (κ2) is 6.50. The highest BCUT2D eigenvalue weighted by atomic mass is 19.4. The lowest BCUT2D eigenvalue weighted by atomic mass is 10.1. The zero-order chi connectivity index (χ0) is 18.0. The van der Waals surface area contributed by atoms with Crippen molar-refractivity contribution in [3.63, 3.8) is 0 Å². The van der Waals surface area contributed by atoms with Gasteiger partial charge in [-0.1, -0.05) is 6.07 Å². The molecule has 3 rings (SSSR count). The number of rotatable bonds is 4. The summed E-state index contributed by atoms with van der Waals surface area (Å²) in [5.41, 5.74) is 1.14. The standard InChI is InChI=1S/C16H14F3N5O/c1-9(10-6-20-15(21-7-10)16(17,18)19)24-14-11-4-3-5-12(25-2)13(11)22-8-23-14/h3-9H,1-2H3,(H,22,23,24)/t9-/m1/s1. The van der Waals surface area contributed by atoms with E-state index in [1.54, 1.807) is 20.1 Å². The second-order valence-corrected chi connectivity index (χ2v) is 5.28. The highest BCUT2D eigenvalue weighted by Gasteiger charge is 2.34. The summed E-state index contributed by atoms with van der Waals surface area (Å²) in [4.78, 5) is 15.2. The minimum atomic E-state index is -4.56. The molecule has 130 valence electrons. The minimum absolute atomic E-state index is 0.355. The molecule has 9 heteroatoms. The molecule has 6 nitrogen and oxygen atoms in total. The van der Waals surface area contributed by atoms with Gasteiger partial charge < -0.3 is 10.1 Å². The third-order valence-corrected chi connectivity index (χ3v) is 3.63. The lowest BCUT2D eigenvalue weighted by Crippen LogP contribution is -2.14. The molecule has 0 fully saturated rings. The van der Waals surface area contributed by atoms with Crippen LogP contribution in [0.2, 0.25) is 0 Å². The molecule has 1 atom stereocenters. The highest BCUT2D eigenvalue weighted by Crippen LogP contribution is 2.30. The van der Waals surface area contributed by atoms with Crippen molar-refractivity contribution in [2.75, 3.05) is 12.4 Å². The Labute approximate surface area is 141 Å². The second-order valence-electron chi connectivity index (χ2n) is 5.28. The van der Waals surface area contributed by atoms with Gasteiger partial charge in [0.2, 0.25) is 5.82 Å². The Morgan fingerprint density at radius 2 is 1.80 bits per heavy atom. The van der Waals surface area contributed by atoms with Crippen molar-refractivity contribution in [2.45, 2.75) is 19.1 Å². The summed E-state index contributed by atoms with van der Waals surface area (Å²) >= 11 is 0. The largest absolute Gasteiger partial charge is 0.494 e. The van der Waals surface area contributed by atoms with Crippen LogP contribution in [0.4, 0.5) is 19.0 Å². The number of aromatic nitrogens is 4. The Morgan fingerprint density at radius 1 is 1.08 bits per heavy atom. The number of halogens is 3. The molecular weight excluding hydrogens is 335 g/mol. The normalized spacial score (nSPS) is 12.8. The number of nitrogens with zero attached hydrogens (tertiary/aromatic N) is 4. The predicted molar refractivity (Wildman–Crippen MR) is 85.2 cm³/mol. The van der Waals surface area contributed by atoms with E-state index in [-0.39, 0.29) is 6.04 Å². The van der Waals surface area contributed by atoms with Crippen LogP contribution in [0.1, 0.15) is 24.4 Å². The first kappa shape index (κ1) is 16.9. The Hall–Kier alpha value is -2.97. The molecule has 0 aliphatic heterocycles. The molecule has 0 aliphatic rings. The average Bonchev–Trinajstić information content (AvgIpc) is 2.61. The summed E-state index contributed by atoms with van der Waals surface area (Å²) in [6, 6.07) is 5.07. The molecule has 25 heavy (non-hydrogen) atoms. The van der Waals surface area contributed by atoms with Crippen LogP contribution in [-0.4, -0.2) is 27.0 Å². The summed E-state index contributed by atoms with van der Waals surface area (Å²) in [6.45, 7) is 1.78. The maximum Gasteiger partial charge on any atom is 0.451 e. The van der Waals surface area contributed by atoms with Gasteiger partial charge in [0.15, 0.2) is 0 Å². The average molecular weight is 349 g/mol.